The molecule has 5 nitrogen and oxygen atoms in total. The molecule has 1 aromatic rings. The van der Waals surface area contributed by atoms with Gasteiger partial charge in [0.2, 0.25) is 0 Å². The molecule has 2 aliphatic rings. The molecule has 1 saturated carbocycles. The van der Waals surface area contributed by atoms with E-state index in [1.807, 2.05) is 0 Å². The number of aromatic nitrogens is 1. The fourth-order valence-corrected chi connectivity index (χ4v) is 2.24. The second-order valence-electron chi connectivity index (χ2n) is 5.81. The molecule has 0 bridgehead atoms. The van der Waals surface area contributed by atoms with Gasteiger partial charge in [-0.25, -0.2) is 0 Å². The number of rotatable bonds is 4. The molecule has 0 aromatic carbocycles. The predicted octanol–water partition coefficient (Wildman–Crippen LogP) is 1.54. The second kappa shape index (κ2) is 4.55. The smallest absolute Gasteiger partial charge is 0.297 e. The molecule has 1 saturated heterocycles. The third-order valence-electron chi connectivity index (χ3n) is 3.38. The Morgan fingerprint density at radius 3 is 3.06 bits per heavy atom. The lowest BCUT2D eigenvalue weighted by Gasteiger charge is -2.37. The van der Waals surface area contributed by atoms with Gasteiger partial charge in [0, 0.05) is 19.1 Å². The van der Waals surface area contributed by atoms with Crippen LogP contribution in [-0.4, -0.2) is 36.3 Å². The predicted molar refractivity (Wildman–Crippen MR) is 68.6 cm³/mol. The van der Waals surface area contributed by atoms with E-state index in [2.05, 4.69) is 29.0 Å². The molecule has 100 valence electrons. The van der Waals surface area contributed by atoms with Gasteiger partial charge in [-0.15, -0.1) is 0 Å². The van der Waals surface area contributed by atoms with Gasteiger partial charge >= 0.3 is 0 Å². The van der Waals surface area contributed by atoms with Crippen molar-refractivity contribution in [3.63, 3.8) is 0 Å². The third-order valence-corrected chi connectivity index (χ3v) is 3.38. The minimum absolute atomic E-state index is 0.126. The van der Waals surface area contributed by atoms with Gasteiger partial charge in [0.25, 0.3) is 6.01 Å². The summed E-state index contributed by atoms with van der Waals surface area (Å²) >= 11 is 0. The van der Waals surface area contributed by atoms with E-state index in [-0.39, 0.29) is 5.60 Å². The Balaban J connectivity index is 1.60. The zero-order valence-electron chi connectivity index (χ0n) is 11.1. The maximum atomic E-state index is 5.69. The van der Waals surface area contributed by atoms with Crippen LogP contribution in [0.2, 0.25) is 0 Å². The summed E-state index contributed by atoms with van der Waals surface area (Å²) in [6.07, 6.45) is 4.35. The number of nitrogens with zero attached hydrogens (tertiary/aromatic N) is 2. The van der Waals surface area contributed by atoms with Crippen molar-refractivity contribution in [1.82, 2.24) is 10.3 Å². The number of morpholine rings is 1. The van der Waals surface area contributed by atoms with Crippen LogP contribution in [0.25, 0.3) is 0 Å². The van der Waals surface area contributed by atoms with Gasteiger partial charge in [-0.3, -0.25) is 0 Å². The number of nitrogens with one attached hydrogen (secondary N) is 1. The minimum Gasteiger partial charge on any atom is -0.432 e. The Morgan fingerprint density at radius 1 is 1.50 bits per heavy atom. The Kier molecular flexibility index (Phi) is 3.03. The molecular formula is C13H21N3O2. The van der Waals surface area contributed by atoms with Gasteiger partial charge in [-0.2, -0.15) is 4.98 Å². The van der Waals surface area contributed by atoms with E-state index in [0.29, 0.717) is 6.04 Å². The first-order chi connectivity index (χ1) is 8.62. The molecule has 18 heavy (non-hydrogen) atoms. The molecule has 0 unspecified atom stereocenters. The van der Waals surface area contributed by atoms with Crippen LogP contribution in [0.3, 0.4) is 0 Å². The van der Waals surface area contributed by atoms with Crippen molar-refractivity contribution in [3.8, 4) is 0 Å². The highest BCUT2D eigenvalue weighted by Crippen LogP contribution is 2.23. The number of anilines is 1. The summed E-state index contributed by atoms with van der Waals surface area (Å²) in [6.45, 7) is 7.39. The molecular weight excluding hydrogens is 230 g/mol. The van der Waals surface area contributed by atoms with Crippen molar-refractivity contribution < 1.29 is 9.15 Å². The molecule has 0 radical (unpaired) electrons. The molecule has 1 aromatic heterocycles. The number of ether oxygens (including phenoxy) is 1. The Bertz CT molecular complexity index is 412. The average molecular weight is 251 g/mol. The largest absolute Gasteiger partial charge is 0.432 e. The Labute approximate surface area is 108 Å². The maximum absolute atomic E-state index is 5.69. The third kappa shape index (κ3) is 2.84. The van der Waals surface area contributed by atoms with Gasteiger partial charge < -0.3 is 19.4 Å². The topological polar surface area (TPSA) is 50.5 Å². The molecule has 1 N–H and O–H groups in total. The summed E-state index contributed by atoms with van der Waals surface area (Å²) in [7, 11) is 0. The van der Waals surface area contributed by atoms with E-state index in [4.69, 9.17) is 9.15 Å². The van der Waals surface area contributed by atoms with E-state index in [1.165, 1.54) is 12.8 Å². The molecule has 0 atom stereocenters. The minimum atomic E-state index is -0.126. The standard InChI is InChI=1S/C13H21N3O2/c1-13(2)9-16(5-6-18-13)12-15-11(8-17-12)7-14-10-3-4-10/h8,10,14H,3-7,9H2,1-2H3. The quantitative estimate of drug-likeness (QED) is 0.879. The van der Waals surface area contributed by atoms with Crippen molar-refractivity contribution in [2.45, 2.75) is 44.9 Å². The van der Waals surface area contributed by atoms with Crippen molar-refractivity contribution in [1.29, 1.82) is 0 Å². The highest BCUT2D eigenvalue weighted by Gasteiger charge is 2.29. The molecule has 1 aliphatic heterocycles. The van der Waals surface area contributed by atoms with Gasteiger partial charge in [-0.05, 0) is 26.7 Å². The van der Waals surface area contributed by atoms with E-state index in [0.717, 1.165) is 37.9 Å². The van der Waals surface area contributed by atoms with Gasteiger partial charge in [0.1, 0.15) is 6.26 Å². The molecule has 1 aliphatic carbocycles. The molecule has 2 heterocycles. The van der Waals surface area contributed by atoms with Crippen molar-refractivity contribution in [3.05, 3.63) is 12.0 Å². The van der Waals surface area contributed by atoms with Crippen LogP contribution in [0, 0.1) is 0 Å². The van der Waals surface area contributed by atoms with Crippen LogP contribution in [0.4, 0.5) is 6.01 Å². The summed E-state index contributed by atoms with van der Waals surface area (Å²) in [5.41, 5.74) is 0.861. The SMILES string of the molecule is CC1(C)CN(c2nc(CNC3CC3)co2)CCO1. The van der Waals surface area contributed by atoms with E-state index in [1.54, 1.807) is 6.26 Å². The lowest BCUT2D eigenvalue weighted by atomic mass is 10.1. The fraction of sp³-hybridized carbons (Fsp3) is 0.769. The van der Waals surface area contributed by atoms with E-state index < -0.39 is 0 Å². The number of hydrogen-bond acceptors (Lipinski definition) is 5. The van der Waals surface area contributed by atoms with E-state index >= 15 is 0 Å². The van der Waals surface area contributed by atoms with Crippen molar-refractivity contribution in [2.24, 2.45) is 0 Å². The normalized spacial score (nSPS) is 23.3. The zero-order valence-corrected chi connectivity index (χ0v) is 11.1. The van der Waals surface area contributed by atoms with Crippen LogP contribution in [-0.2, 0) is 11.3 Å². The van der Waals surface area contributed by atoms with Crippen molar-refractivity contribution >= 4 is 6.01 Å². The van der Waals surface area contributed by atoms with Gasteiger partial charge in [-0.1, -0.05) is 0 Å². The Hall–Kier alpha value is -1.07. The van der Waals surface area contributed by atoms with Crippen LogP contribution in [0.5, 0.6) is 0 Å². The zero-order chi connectivity index (χ0) is 12.6. The second-order valence-corrected chi connectivity index (χ2v) is 5.81. The molecule has 2 fully saturated rings. The van der Waals surface area contributed by atoms with Gasteiger partial charge in [0.15, 0.2) is 0 Å². The number of oxazole rings is 1. The van der Waals surface area contributed by atoms with E-state index in [9.17, 15) is 0 Å². The van der Waals surface area contributed by atoms with Crippen LogP contribution < -0.4 is 10.2 Å². The summed E-state index contributed by atoms with van der Waals surface area (Å²) < 4.78 is 11.3. The average Bonchev–Trinajstić information content (AvgIpc) is 3.02. The van der Waals surface area contributed by atoms with Crippen LogP contribution >= 0.6 is 0 Å². The van der Waals surface area contributed by atoms with Crippen LogP contribution in [0.1, 0.15) is 32.4 Å². The lowest BCUT2D eigenvalue weighted by molar-refractivity contribution is -0.0290. The fourth-order valence-electron chi connectivity index (χ4n) is 2.24. The maximum Gasteiger partial charge on any atom is 0.297 e. The molecule has 5 heteroatoms. The summed E-state index contributed by atoms with van der Waals surface area (Å²) in [4.78, 5) is 6.70. The number of hydrogen-bond donors (Lipinski definition) is 1. The first-order valence-electron chi connectivity index (χ1n) is 6.69. The highest BCUT2D eigenvalue weighted by atomic mass is 16.5. The van der Waals surface area contributed by atoms with Gasteiger partial charge in [0.05, 0.1) is 24.4 Å². The first-order valence-corrected chi connectivity index (χ1v) is 6.69. The molecule has 3 rings (SSSR count). The lowest BCUT2D eigenvalue weighted by Crippen LogP contribution is -2.48. The first kappa shape index (κ1) is 12.0. The Morgan fingerprint density at radius 2 is 2.33 bits per heavy atom. The monoisotopic (exact) mass is 251 g/mol. The highest BCUT2D eigenvalue weighted by molar-refractivity contribution is 5.28. The molecule has 0 spiro atoms. The van der Waals surface area contributed by atoms with Crippen LogP contribution in [0.15, 0.2) is 10.7 Å². The summed E-state index contributed by atoms with van der Waals surface area (Å²) in [5.74, 6) is 0. The summed E-state index contributed by atoms with van der Waals surface area (Å²) in [5, 5.41) is 3.44. The summed E-state index contributed by atoms with van der Waals surface area (Å²) in [6, 6.07) is 1.42. The molecule has 0 amide bonds. The van der Waals surface area contributed by atoms with Crippen molar-refractivity contribution in [2.75, 3.05) is 24.6 Å².